The van der Waals surface area contributed by atoms with Gasteiger partial charge in [0.15, 0.2) is 17.5 Å². The molecule has 304 valence electrons. The Labute approximate surface area is 371 Å². The fraction of sp³-hybridized carbons (Fsp3) is 0.193. The summed E-state index contributed by atoms with van der Waals surface area (Å²) in [7, 11) is 0. The Morgan fingerprint density at radius 3 is 2.05 bits per heavy atom. The lowest BCUT2D eigenvalue weighted by molar-refractivity contribution is 0.0780. The highest BCUT2D eigenvalue weighted by atomic mass is 32.1. The molecule has 63 heavy (non-hydrogen) atoms. The molecule has 2 fully saturated rings. The van der Waals surface area contributed by atoms with Crippen molar-refractivity contribution < 1.29 is 0 Å². The van der Waals surface area contributed by atoms with Crippen molar-refractivity contribution in [1.82, 2.24) is 19.5 Å². The number of para-hydroxylation sites is 1. The number of nitrogens with zero attached hydrogens (tertiary/aromatic N) is 5. The average Bonchev–Trinajstić information content (AvgIpc) is 3.87. The fourth-order valence-electron chi connectivity index (χ4n) is 11.8. The molecule has 1 unspecified atom stereocenters. The molecule has 0 amide bonds. The Hall–Kier alpha value is -6.94. The van der Waals surface area contributed by atoms with E-state index in [-0.39, 0.29) is 0 Å². The summed E-state index contributed by atoms with van der Waals surface area (Å²) >= 11 is 1.68. The summed E-state index contributed by atoms with van der Waals surface area (Å²) in [6, 6.07) is 58.5. The van der Waals surface area contributed by atoms with Crippen molar-refractivity contribution in [3.8, 4) is 57.0 Å². The Morgan fingerprint density at radius 1 is 0.571 bits per heavy atom. The number of aromatic nitrogens is 4. The highest BCUT2D eigenvalue weighted by molar-refractivity contribution is 7.26. The van der Waals surface area contributed by atoms with Crippen molar-refractivity contribution >= 4 is 53.3 Å². The predicted octanol–water partition coefficient (Wildman–Crippen LogP) is 15.0. The van der Waals surface area contributed by atoms with E-state index in [1.54, 1.807) is 11.3 Å². The van der Waals surface area contributed by atoms with Crippen LogP contribution in [0.15, 0.2) is 158 Å². The van der Waals surface area contributed by atoms with Gasteiger partial charge >= 0.3 is 0 Å². The summed E-state index contributed by atoms with van der Waals surface area (Å²) in [4.78, 5) is 15.7. The zero-order valence-electron chi connectivity index (χ0n) is 35.4. The second kappa shape index (κ2) is 14.9. The van der Waals surface area contributed by atoms with Crippen LogP contribution in [-0.4, -0.2) is 19.5 Å². The molecule has 0 spiro atoms. The van der Waals surface area contributed by atoms with Crippen molar-refractivity contribution in [2.45, 2.75) is 51.4 Å². The van der Waals surface area contributed by atoms with Gasteiger partial charge < -0.3 is 4.57 Å². The summed E-state index contributed by atoms with van der Waals surface area (Å²) in [6.07, 6.45) is 6.75. The lowest BCUT2D eigenvalue weighted by Crippen LogP contribution is -2.42. The maximum Gasteiger partial charge on any atom is 0.165 e. The molecule has 2 saturated carbocycles. The predicted molar refractivity (Wildman–Crippen MR) is 260 cm³/mol. The van der Waals surface area contributed by atoms with E-state index in [0.717, 1.165) is 82.1 Å². The monoisotopic (exact) mass is 831 g/mol. The van der Waals surface area contributed by atoms with Crippen molar-refractivity contribution in [3.63, 3.8) is 0 Å². The quantitative estimate of drug-likeness (QED) is 0.167. The number of hydrogen-bond acceptors (Lipinski definition) is 5. The molecule has 0 aliphatic heterocycles. The van der Waals surface area contributed by atoms with E-state index in [4.69, 9.17) is 15.0 Å². The summed E-state index contributed by atoms with van der Waals surface area (Å²) in [5, 5.41) is 14.1. The lowest BCUT2D eigenvalue weighted by Gasteiger charge is -2.50. The van der Waals surface area contributed by atoms with Gasteiger partial charge in [-0.05, 0) is 114 Å². The largest absolute Gasteiger partial charge is 0.309 e. The highest BCUT2D eigenvalue weighted by Gasteiger charge is 2.45. The minimum Gasteiger partial charge on any atom is -0.309 e. The van der Waals surface area contributed by atoms with Gasteiger partial charge in [0.05, 0.1) is 22.7 Å². The topological polar surface area (TPSA) is 67.4 Å². The second-order valence-electron chi connectivity index (χ2n) is 18.4. The molecule has 7 aromatic carbocycles. The zero-order valence-corrected chi connectivity index (χ0v) is 36.2. The molecule has 0 radical (unpaired) electrons. The molecular formula is C57H45N5S. The molecular weight excluding hydrogens is 787 g/mol. The standard InChI is InChI=1S/C57H45N5S/c1-35-27-38-28-36(2)32-57(31-35,33-38)42-24-22-39(23-25-42)41-13-8-14-43(30-41)62-49-19-7-6-15-46(49)52-47(17-10-20-50(52)62)55-59-54(40-11-4-3-5-12-40)60-56(61-55)48-18-9-16-45-44-26-21-37(34-58)29-51(44)63-53(45)48/h3-26,29-30,35-36,38H,27-28,31-33H2,1-2H3/t35-,36+,38-,57?. The third-order valence-electron chi connectivity index (χ3n) is 14.0. The number of nitriles is 1. The minimum absolute atomic E-state index is 0.317. The van der Waals surface area contributed by atoms with Crippen LogP contribution in [0.4, 0.5) is 0 Å². The Balaban J connectivity index is 0.994. The van der Waals surface area contributed by atoms with E-state index < -0.39 is 0 Å². The highest BCUT2D eigenvalue weighted by Crippen LogP contribution is 2.54. The summed E-state index contributed by atoms with van der Waals surface area (Å²) in [5.74, 6) is 4.30. The van der Waals surface area contributed by atoms with Crippen LogP contribution in [0.2, 0.25) is 0 Å². The van der Waals surface area contributed by atoms with Crippen molar-refractivity contribution in [2.24, 2.45) is 17.8 Å². The molecule has 6 heteroatoms. The molecule has 0 saturated heterocycles. The Morgan fingerprint density at radius 2 is 1.24 bits per heavy atom. The molecule has 5 nitrogen and oxygen atoms in total. The molecule has 0 N–H and O–H groups in total. The number of fused-ring (bicyclic) bond motifs is 8. The van der Waals surface area contributed by atoms with Crippen molar-refractivity contribution in [1.29, 1.82) is 5.26 Å². The van der Waals surface area contributed by atoms with Crippen molar-refractivity contribution in [2.75, 3.05) is 0 Å². The molecule has 3 heterocycles. The van der Waals surface area contributed by atoms with Crippen LogP contribution in [0.25, 0.3) is 93.0 Å². The first-order valence-electron chi connectivity index (χ1n) is 22.3. The molecule has 2 aliphatic carbocycles. The third kappa shape index (κ3) is 6.36. The van der Waals surface area contributed by atoms with Gasteiger partial charge in [0.1, 0.15) is 0 Å². The van der Waals surface area contributed by atoms with Gasteiger partial charge in [-0.15, -0.1) is 11.3 Å². The number of rotatable bonds is 6. The molecule has 2 aliphatic rings. The molecule has 2 bridgehead atoms. The molecule has 3 aromatic heterocycles. The van der Waals surface area contributed by atoms with Crippen LogP contribution in [0.1, 0.15) is 57.1 Å². The maximum atomic E-state index is 9.66. The Bertz CT molecular complexity index is 3430. The van der Waals surface area contributed by atoms with Gasteiger partial charge in [0.2, 0.25) is 0 Å². The maximum absolute atomic E-state index is 9.66. The first-order chi connectivity index (χ1) is 30.9. The normalized spacial score (nSPS) is 19.8. The second-order valence-corrected chi connectivity index (χ2v) is 19.5. The lowest BCUT2D eigenvalue weighted by atomic mass is 9.54. The van der Waals surface area contributed by atoms with E-state index in [0.29, 0.717) is 28.5 Å². The number of thiophene rings is 1. The van der Waals surface area contributed by atoms with Gasteiger partial charge in [-0.25, -0.2) is 15.0 Å². The van der Waals surface area contributed by atoms with E-state index in [9.17, 15) is 5.26 Å². The van der Waals surface area contributed by atoms with Gasteiger partial charge in [0, 0.05) is 53.3 Å². The first-order valence-corrected chi connectivity index (χ1v) is 23.1. The Kier molecular flexibility index (Phi) is 8.91. The van der Waals surface area contributed by atoms with E-state index >= 15 is 0 Å². The SMILES string of the molecule is C[C@@H]1C[C@@H]2C[C@H](C)CC(c3ccc(-c4cccc(-n5c6ccccc6c6c(-c7nc(-c8ccccc8)nc(-c8cccc9c8sc8cc(C#N)ccc89)n7)cccc65)c4)cc3)(C1)C2. The van der Waals surface area contributed by atoms with Crippen LogP contribution in [-0.2, 0) is 5.41 Å². The summed E-state index contributed by atoms with van der Waals surface area (Å²) in [5.41, 5.74) is 11.1. The zero-order chi connectivity index (χ0) is 42.2. The van der Waals surface area contributed by atoms with Gasteiger partial charge in [-0.3, -0.25) is 0 Å². The van der Waals surface area contributed by atoms with Crippen LogP contribution in [0.3, 0.4) is 0 Å². The van der Waals surface area contributed by atoms with Crippen LogP contribution < -0.4 is 0 Å². The molecule has 4 atom stereocenters. The van der Waals surface area contributed by atoms with E-state index in [1.807, 2.05) is 30.3 Å². The van der Waals surface area contributed by atoms with Crippen molar-refractivity contribution in [3.05, 3.63) is 169 Å². The van der Waals surface area contributed by atoms with Gasteiger partial charge in [-0.2, -0.15) is 5.26 Å². The molecule has 10 aromatic rings. The van der Waals surface area contributed by atoms with Gasteiger partial charge in [0.25, 0.3) is 0 Å². The smallest absolute Gasteiger partial charge is 0.165 e. The summed E-state index contributed by atoms with van der Waals surface area (Å²) in [6.45, 7) is 4.94. The van der Waals surface area contributed by atoms with Crippen LogP contribution in [0, 0.1) is 29.1 Å². The molecule has 12 rings (SSSR count). The van der Waals surface area contributed by atoms with Crippen LogP contribution in [0.5, 0.6) is 0 Å². The van der Waals surface area contributed by atoms with Crippen LogP contribution >= 0.6 is 11.3 Å². The third-order valence-corrected chi connectivity index (χ3v) is 15.2. The van der Waals surface area contributed by atoms with E-state index in [2.05, 4.69) is 152 Å². The summed E-state index contributed by atoms with van der Waals surface area (Å²) < 4.78 is 4.55. The average molecular weight is 832 g/mol. The van der Waals surface area contributed by atoms with Gasteiger partial charge in [-0.1, -0.05) is 129 Å². The number of benzene rings is 7. The first kappa shape index (κ1) is 37.8. The minimum atomic E-state index is 0.317. The van der Waals surface area contributed by atoms with E-state index in [1.165, 1.54) is 48.8 Å². The number of hydrogen-bond donors (Lipinski definition) is 0. The fourth-order valence-corrected chi connectivity index (χ4v) is 13.0.